The minimum absolute atomic E-state index is 0.0850. The summed E-state index contributed by atoms with van der Waals surface area (Å²) in [4.78, 5) is 25.7. The van der Waals surface area contributed by atoms with E-state index < -0.39 is 0 Å². The third-order valence-corrected chi connectivity index (χ3v) is 9.97. The van der Waals surface area contributed by atoms with E-state index in [1.165, 1.54) is 37.2 Å². The van der Waals surface area contributed by atoms with Crippen LogP contribution in [0.15, 0.2) is 10.1 Å². The Kier molecular flexibility index (Phi) is 5.11. The van der Waals surface area contributed by atoms with E-state index in [0.29, 0.717) is 35.5 Å². The number of aliphatic imine (C=N–C) groups is 1. The molecule has 1 heterocycles. The molecule has 0 amide bonds. The molecule has 0 radical (unpaired) electrons. The van der Waals surface area contributed by atoms with Crippen molar-refractivity contribution in [2.75, 3.05) is 27.2 Å². The van der Waals surface area contributed by atoms with Crippen LogP contribution in [0.1, 0.15) is 71.6 Å². The quantitative estimate of drug-likeness (QED) is 0.632. The smallest absolute Gasteiger partial charge is 0.139 e. The molecule has 0 aromatic rings. The van der Waals surface area contributed by atoms with Crippen molar-refractivity contribution < 1.29 is 9.63 Å². The summed E-state index contributed by atoms with van der Waals surface area (Å²) in [6, 6.07) is 0.480. The van der Waals surface area contributed by atoms with E-state index in [1.807, 2.05) is 0 Å². The number of hydrogen-bond donors (Lipinski definition) is 0. The first kappa shape index (κ1) is 20.7. The number of Topliss-reactive ketones (excluding diaryl/α,β-unsaturated/α-hetero) is 1. The summed E-state index contributed by atoms with van der Waals surface area (Å²) in [7, 11) is 3.89. The number of oxime groups is 1. The molecule has 6 unspecified atom stereocenters. The van der Waals surface area contributed by atoms with Gasteiger partial charge in [0.2, 0.25) is 0 Å². The predicted molar refractivity (Wildman–Crippen MR) is 120 cm³/mol. The van der Waals surface area contributed by atoms with E-state index in [2.05, 4.69) is 31.0 Å². The predicted octanol–water partition coefficient (Wildman–Crippen LogP) is 4.36. The summed E-state index contributed by atoms with van der Waals surface area (Å²) in [6.45, 7) is 7.05. The van der Waals surface area contributed by atoms with Gasteiger partial charge in [0.05, 0.1) is 11.8 Å². The van der Waals surface area contributed by atoms with Gasteiger partial charge >= 0.3 is 0 Å². The van der Waals surface area contributed by atoms with Crippen LogP contribution in [0, 0.1) is 34.5 Å². The highest BCUT2D eigenvalue weighted by Crippen LogP contribution is 2.64. The third-order valence-electron chi connectivity index (χ3n) is 9.97. The van der Waals surface area contributed by atoms with Crippen LogP contribution in [-0.4, -0.2) is 55.4 Å². The first-order valence-electron chi connectivity index (χ1n) is 12.2. The third kappa shape index (κ3) is 3.10. The molecule has 1 saturated heterocycles. The van der Waals surface area contributed by atoms with Gasteiger partial charge in [-0.3, -0.25) is 9.79 Å². The van der Waals surface area contributed by atoms with Crippen LogP contribution >= 0.6 is 0 Å². The second kappa shape index (κ2) is 7.43. The van der Waals surface area contributed by atoms with Gasteiger partial charge in [0.15, 0.2) is 0 Å². The normalized spacial score (nSPS) is 49.2. The Hall–Kier alpha value is -1.23. The van der Waals surface area contributed by atoms with E-state index in [1.54, 1.807) is 7.11 Å². The molecule has 5 heteroatoms. The molecule has 0 N–H and O–H groups in total. The number of fused-ring (bicyclic) bond motifs is 5. The maximum Gasteiger partial charge on any atom is 0.139 e. The van der Waals surface area contributed by atoms with Crippen molar-refractivity contribution in [3.05, 3.63) is 0 Å². The molecule has 0 bridgehead atoms. The van der Waals surface area contributed by atoms with Crippen molar-refractivity contribution in [2.24, 2.45) is 44.6 Å². The van der Waals surface area contributed by atoms with Crippen LogP contribution in [0.2, 0.25) is 0 Å². The summed E-state index contributed by atoms with van der Waals surface area (Å²) in [5.74, 6) is 2.80. The zero-order valence-electron chi connectivity index (χ0n) is 19.3. The van der Waals surface area contributed by atoms with Crippen molar-refractivity contribution in [2.45, 2.75) is 77.7 Å². The highest BCUT2D eigenvalue weighted by molar-refractivity contribution is 5.96. The molecular weight excluding hydrogens is 374 g/mol. The summed E-state index contributed by atoms with van der Waals surface area (Å²) in [5.41, 5.74) is 2.84. The summed E-state index contributed by atoms with van der Waals surface area (Å²) in [5, 5.41) is 4.61. The lowest BCUT2D eigenvalue weighted by molar-refractivity contribution is -0.133. The Bertz CT molecular complexity index is 776. The number of nitrogens with zero attached hydrogens (tertiary/aromatic N) is 3. The van der Waals surface area contributed by atoms with Gasteiger partial charge < -0.3 is 9.74 Å². The monoisotopic (exact) mass is 413 g/mol. The summed E-state index contributed by atoms with van der Waals surface area (Å²) in [6.07, 6.45) is 9.78. The van der Waals surface area contributed by atoms with Gasteiger partial charge in [-0.05, 0) is 88.1 Å². The SMILES string of the molecule is CO/N=C1\CC2C3CCC(=O)C3(C)CCC2C2(C)CCC(=NC3CCN(C)C3)C[C@H]12. The topological polar surface area (TPSA) is 54.3 Å². The van der Waals surface area contributed by atoms with Gasteiger partial charge in [-0.1, -0.05) is 19.0 Å². The van der Waals surface area contributed by atoms with Crippen molar-refractivity contribution in [1.82, 2.24) is 4.90 Å². The van der Waals surface area contributed by atoms with E-state index in [-0.39, 0.29) is 10.8 Å². The molecule has 30 heavy (non-hydrogen) atoms. The van der Waals surface area contributed by atoms with Crippen LogP contribution in [0.5, 0.6) is 0 Å². The Balaban J connectivity index is 1.43. The molecule has 5 aliphatic rings. The number of ketones is 1. The van der Waals surface area contributed by atoms with Crippen molar-refractivity contribution in [1.29, 1.82) is 0 Å². The average molecular weight is 414 g/mol. The molecule has 5 fully saturated rings. The Labute approximate surface area is 181 Å². The van der Waals surface area contributed by atoms with Gasteiger partial charge in [0.1, 0.15) is 12.9 Å². The minimum atomic E-state index is -0.0850. The fourth-order valence-corrected chi connectivity index (χ4v) is 8.26. The Morgan fingerprint density at radius 2 is 1.90 bits per heavy atom. The zero-order valence-corrected chi connectivity index (χ0v) is 19.3. The fourth-order valence-electron chi connectivity index (χ4n) is 8.26. The second-order valence-corrected chi connectivity index (χ2v) is 11.4. The summed E-state index contributed by atoms with van der Waals surface area (Å²) < 4.78 is 0. The van der Waals surface area contributed by atoms with Crippen molar-refractivity contribution in [3.63, 3.8) is 0 Å². The van der Waals surface area contributed by atoms with Gasteiger partial charge in [-0.15, -0.1) is 0 Å². The molecule has 0 spiro atoms. The Morgan fingerprint density at radius 1 is 1.07 bits per heavy atom. The second-order valence-electron chi connectivity index (χ2n) is 11.4. The van der Waals surface area contributed by atoms with Crippen LogP contribution in [0.4, 0.5) is 0 Å². The maximum atomic E-state index is 12.7. The van der Waals surface area contributed by atoms with Gasteiger partial charge in [-0.2, -0.15) is 0 Å². The zero-order chi connectivity index (χ0) is 21.1. The van der Waals surface area contributed by atoms with Crippen LogP contribution < -0.4 is 0 Å². The lowest BCUT2D eigenvalue weighted by Crippen LogP contribution is -2.56. The number of carbonyl (C=O) groups is 1. The number of carbonyl (C=O) groups excluding carboxylic acids is 1. The van der Waals surface area contributed by atoms with Gasteiger partial charge in [0, 0.05) is 30.0 Å². The van der Waals surface area contributed by atoms with Crippen LogP contribution in [0.25, 0.3) is 0 Å². The summed E-state index contributed by atoms with van der Waals surface area (Å²) >= 11 is 0. The van der Waals surface area contributed by atoms with E-state index in [9.17, 15) is 4.79 Å². The number of likely N-dealkylation sites (N-methyl/N-ethyl adjacent to an activating group) is 1. The molecular formula is C25H39N3O2. The first-order chi connectivity index (χ1) is 14.3. The van der Waals surface area contributed by atoms with Crippen LogP contribution in [0.3, 0.4) is 0 Å². The van der Waals surface area contributed by atoms with E-state index in [4.69, 9.17) is 9.83 Å². The largest absolute Gasteiger partial charge is 0.399 e. The molecule has 1 aliphatic heterocycles. The highest BCUT2D eigenvalue weighted by atomic mass is 16.6. The molecule has 7 atom stereocenters. The molecule has 0 aromatic heterocycles. The number of hydrogen-bond acceptors (Lipinski definition) is 5. The molecule has 5 nitrogen and oxygen atoms in total. The maximum absolute atomic E-state index is 12.7. The molecule has 166 valence electrons. The van der Waals surface area contributed by atoms with E-state index >= 15 is 0 Å². The standard InChI is InChI=1S/C25H39N3O2/c1-24-10-7-16(26-17-9-12-28(3)15-17)13-21(24)22(27-30-4)14-18-19-5-6-23(29)25(19,2)11-8-20(18)24/h17-21H,5-15H2,1-4H3/b26-16?,27-22+/t17?,18?,19?,20?,21-,24?,25?/m1/s1. The minimum Gasteiger partial charge on any atom is -0.399 e. The molecule has 5 rings (SSSR count). The first-order valence-corrected chi connectivity index (χ1v) is 12.2. The lowest BCUT2D eigenvalue weighted by atomic mass is 9.45. The van der Waals surface area contributed by atoms with Gasteiger partial charge in [0.25, 0.3) is 0 Å². The average Bonchev–Trinajstić information content (AvgIpc) is 3.25. The highest BCUT2D eigenvalue weighted by Gasteiger charge is 2.61. The molecule has 4 aliphatic carbocycles. The van der Waals surface area contributed by atoms with E-state index in [0.717, 1.165) is 45.1 Å². The van der Waals surface area contributed by atoms with Crippen molar-refractivity contribution >= 4 is 17.2 Å². The Morgan fingerprint density at radius 3 is 2.63 bits per heavy atom. The fraction of sp³-hybridized carbons (Fsp3) is 0.880. The van der Waals surface area contributed by atoms with Crippen molar-refractivity contribution in [3.8, 4) is 0 Å². The van der Waals surface area contributed by atoms with Crippen LogP contribution in [-0.2, 0) is 9.63 Å². The molecule has 4 saturated carbocycles. The number of likely N-dealkylation sites (tertiary alicyclic amines) is 1. The number of rotatable bonds is 2. The lowest BCUT2D eigenvalue weighted by Gasteiger charge is -2.59. The molecule has 0 aromatic carbocycles. The van der Waals surface area contributed by atoms with Gasteiger partial charge in [-0.25, -0.2) is 0 Å².